The lowest BCUT2D eigenvalue weighted by atomic mass is 9.43. The van der Waals surface area contributed by atoms with Crippen molar-refractivity contribution in [2.45, 2.75) is 123 Å². The highest BCUT2D eigenvalue weighted by Crippen LogP contribution is 2.67. The van der Waals surface area contributed by atoms with Gasteiger partial charge in [0, 0.05) is 24.3 Å². The van der Waals surface area contributed by atoms with Crippen molar-refractivity contribution in [3.8, 4) is 0 Å². The van der Waals surface area contributed by atoms with Crippen LogP contribution in [0.2, 0.25) is 0 Å². The van der Waals surface area contributed by atoms with E-state index < -0.39 is 18.1 Å². The number of ketones is 1. The zero-order valence-electron chi connectivity index (χ0n) is 27.2. The molecule has 12 heteroatoms. The Balaban J connectivity index is 1.16. The van der Waals surface area contributed by atoms with Gasteiger partial charge in [-0.05, 0) is 112 Å². The first-order valence-corrected chi connectivity index (χ1v) is 17.1. The van der Waals surface area contributed by atoms with Crippen LogP contribution >= 0.6 is 0 Å². The van der Waals surface area contributed by atoms with E-state index in [4.69, 9.17) is 15.0 Å². The summed E-state index contributed by atoms with van der Waals surface area (Å²) in [4.78, 5) is 42.9. The Hall–Kier alpha value is -2.21. The monoisotopic (exact) mass is 613 g/mol. The summed E-state index contributed by atoms with van der Waals surface area (Å²) in [7, 11) is -0.528. The minimum absolute atomic E-state index is 0.0245. The largest absolute Gasteiger partial charge is 0.481 e. The third-order valence-electron chi connectivity index (χ3n) is 12.9. The average Bonchev–Trinajstić information content (AvgIpc) is 3.51. The maximum atomic E-state index is 14.1. The molecular weight excluding hydrogens is 561 g/mol. The van der Waals surface area contributed by atoms with Crippen LogP contribution < -0.4 is 16.5 Å². The van der Waals surface area contributed by atoms with Crippen molar-refractivity contribution in [2.75, 3.05) is 6.54 Å². The molecule has 0 radical (unpaired) electrons. The van der Waals surface area contributed by atoms with Crippen LogP contribution in [0.25, 0.3) is 0 Å². The third-order valence-corrected chi connectivity index (χ3v) is 12.9. The highest BCUT2D eigenvalue weighted by Gasteiger charge is 2.68. The van der Waals surface area contributed by atoms with Crippen LogP contribution in [0.3, 0.4) is 0 Å². The van der Waals surface area contributed by atoms with E-state index in [0.29, 0.717) is 54.8 Å². The molecule has 4 N–H and O–H groups in total. The molecule has 1 saturated heterocycles. The maximum Gasteiger partial charge on any atom is 0.481 e. The molecule has 1 heterocycles. The fraction of sp³-hybridized carbons (Fsp3) is 0.906. The number of aliphatic imine (C=N–C) groups is 1. The number of rotatable bonds is 13. The molecule has 244 valence electrons. The Morgan fingerprint density at radius 2 is 1.80 bits per heavy atom. The quantitative estimate of drug-likeness (QED) is 0.0701. The van der Waals surface area contributed by atoms with Crippen molar-refractivity contribution < 1.29 is 23.9 Å². The minimum Gasteiger partial charge on any atom is -0.404 e. The Labute approximate surface area is 261 Å². The second kappa shape index (κ2) is 11.5. The predicted octanol–water partition coefficient (Wildman–Crippen LogP) is 4.06. The first-order valence-electron chi connectivity index (χ1n) is 17.1. The fourth-order valence-corrected chi connectivity index (χ4v) is 10.8. The number of hydrogen-bond acceptors (Lipinski definition) is 7. The molecule has 6 bridgehead atoms. The van der Waals surface area contributed by atoms with Crippen LogP contribution in [0.15, 0.2) is 4.99 Å². The van der Waals surface area contributed by atoms with E-state index in [2.05, 4.69) is 44.9 Å². The number of Topliss-reactive ketones (excluding diaryl/α,β-unsaturated/α-hetero) is 1. The van der Waals surface area contributed by atoms with E-state index in [1.54, 1.807) is 0 Å². The number of guanidine groups is 1. The van der Waals surface area contributed by atoms with Crippen molar-refractivity contribution >= 4 is 24.8 Å². The van der Waals surface area contributed by atoms with Gasteiger partial charge >= 0.3 is 7.12 Å². The van der Waals surface area contributed by atoms with E-state index in [1.165, 1.54) is 6.42 Å². The van der Waals surface area contributed by atoms with E-state index in [0.717, 1.165) is 38.5 Å². The number of carbonyl (C=O) groups excluding carboxylic acids is 2. The molecule has 11 nitrogen and oxygen atoms in total. The molecule has 0 spiro atoms. The van der Waals surface area contributed by atoms with Crippen molar-refractivity contribution in [1.29, 1.82) is 0 Å². The van der Waals surface area contributed by atoms with Gasteiger partial charge in [-0.1, -0.05) is 33.1 Å². The molecule has 2 unspecified atom stereocenters. The molecular formula is C32H52BN5O6. The maximum absolute atomic E-state index is 14.1. The van der Waals surface area contributed by atoms with Gasteiger partial charge in [0.15, 0.2) is 5.03 Å². The van der Waals surface area contributed by atoms with Gasteiger partial charge in [-0.3, -0.25) is 9.59 Å². The normalized spacial score (nSPS) is 39.1. The molecule has 7 saturated carbocycles. The van der Waals surface area contributed by atoms with Crippen molar-refractivity contribution in [3.63, 3.8) is 0 Å². The number of hydrazine groups is 1. The molecule has 8 atom stereocenters. The highest BCUT2D eigenvalue weighted by atomic mass is 16.7. The van der Waals surface area contributed by atoms with E-state index in [9.17, 15) is 19.7 Å². The number of nitrogens with zero attached hydrogens (tertiary/aromatic N) is 2. The topological polar surface area (TPSA) is 158 Å². The second-order valence-corrected chi connectivity index (χ2v) is 16.4. The van der Waals surface area contributed by atoms with Gasteiger partial charge in [-0.25, -0.2) is 15.1 Å². The zero-order chi connectivity index (χ0) is 31.6. The van der Waals surface area contributed by atoms with Crippen molar-refractivity contribution in [3.05, 3.63) is 10.1 Å². The first-order chi connectivity index (χ1) is 20.7. The van der Waals surface area contributed by atoms with Gasteiger partial charge < -0.3 is 20.4 Å². The van der Waals surface area contributed by atoms with Crippen LogP contribution in [0.4, 0.5) is 0 Å². The summed E-state index contributed by atoms with van der Waals surface area (Å²) in [5.74, 6) is 2.15. The molecule has 44 heavy (non-hydrogen) atoms. The van der Waals surface area contributed by atoms with Gasteiger partial charge in [-0.2, -0.15) is 0 Å². The summed E-state index contributed by atoms with van der Waals surface area (Å²) in [6, 6.07) is 0. The van der Waals surface area contributed by atoms with Crippen LogP contribution in [-0.2, 0) is 18.9 Å². The van der Waals surface area contributed by atoms with Crippen molar-refractivity contribution in [1.82, 2.24) is 10.7 Å². The predicted molar refractivity (Wildman–Crippen MR) is 166 cm³/mol. The van der Waals surface area contributed by atoms with E-state index in [1.807, 2.05) is 5.43 Å². The zero-order valence-corrected chi connectivity index (χ0v) is 27.2. The lowest BCUT2D eigenvalue weighted by Gasteiger charge is -2.64. The fourth-order valence-electron chi connectivity index (χ4n) is 10.8. The van der Waals surface area contributed by atoms with Gasteiger partial charge in [0.25, 0.3) is 5.96 Å². The average molecular weight is 614 g/mol. The molecule has 1 aliphatic heterocycles. The van der Waals surface area contributed by atoms with Crippen LogP contribution in [0, 0.1) is 62.4 Å². The lowest BCUT2D eigenvalue weighted by Crippen LogP contribution is -2.65. The smallest absolute Gasteiger partial charge is 0.404 e. The Bertz CT molecular complexity index is 1180. The SMILES string of the molecule is CC(C)C[C@H](NC(=O)[C@H](CCCN=C(N)N[N+](=O)[O-])CC(=O)C12CC3CC(CC1C3)C2)B1O[C@@H]2C[C@H]3C[C@H](C3(C)C)[C@]2(C)O1. The number of nitrogens with two attached hydrogens (primary N) is 1. The summed E-state index contributed by atoms with van der Waals surface area (Å²) < 4.78 is 13.4. The van der Waals surface area contributed by atoms with Crippen LogP contribution in [0.1, 0.15) is 105 Å². The number of carbonyl (C=O) groups is 2. The molecule has 0 aromatic rings. The summed E-state index contributed by atoms with van der Waals surface area (Å²) >= 11 is 0. The first kappa shape index (κ1) is 31.8. The van der Waals surface area contributed by atoms with Crippen molar-refractivity contribution in [2.24, 2.45) is 63.0 Å². The van der Waals surface area contributed by atoms with E-state index >= 15 is 0 Å². The number of nitrogens with one attached hydrogen (secondary N) is 2. The number of hydrogen-bond donors (Lipinski definition) is 3. The summed E-state index contributed by atoms with van der Waals surface area (Å²) in [5.41, 5.74) is 7.06. The Kier molecular flexibility index (Phi) is 8.34. The van der Waals surface area contributed by atoms with Gasteiger partial charge in [0.2, 0.25) is 5.91 Å². The molecule has 8 rings (SSSR count). The van der Waals surface area contributed by atoms with Gasteiger partial charge in [0.1, 0.15) is 5.78 Å². The minimum atomic E-state index is -0.750. The molecule has 0 aromatic carbocycles. The second-order valence-electron chi connectivity index (χ2n) is 16.4. The third kappa shape index (κ3) is 5.56. The Morgan fingerprint density at radius 1 is 1.09 bits per heavy atom. The molecule has 8 aliphatic rings. The van der Waals surface area contributed by atoms with Crippen LogP contribution in [-0.4, -0.2) is 54.0 Å². The summed E-state index contributed by atoms with van der Waals surface area (Å²) in [6.07, 6.45) is 9.54. The standard InChI is InChI=1S/C32H52BN5O6/c1-18(2)9-27(33-43-26-15-22-14-24(30(22,3)4)31(26,5)44-33)36-28(40)21(7-6-8-35-29(34)37-38(41)42)13-25(39)32-16-19-10-20(17-32)12-23(32)11-19/h18-24,26-27H,6-17H2,1-5H3,(H,36,40)(H3,34,35,37)/t19?,20?,21-,22-,23?,24-,26-,27+,31+,32?/m1/s1. The summed E-state index contributed by atoms with van der Waals surface area (Å²) in [6.45, 7) is 11.4. The molecule has 8 fully saturated rings. The van der Waals surface area contributed by atoms with Gasteiger partial charge in [-0.15, -0.1) is 0 Å². The molecule has 7 aliphatic carbocycles. The summed E-state index contributed by atoms with van der Waals surface area (Å²) in [5, 5.41) is 13.2. The number of nitro groups is 1. The Morgan fingerprint density at radius 3 is 2.43 bits per heavy atom. The van der Waals surface area contributed by atoms with Gasteiger partial charge in [0.05, 0.1) is 17.6 Å². The highest BCUT2D eigenvalue weighted by molar-refractivity contribution is 6.47. The van der Waals surface area contributed by atoms with E-state index in [-0.39, 0.29) is 59.1 Å². The molecule has 0 aromatic heterocycles. The lowest BCUT2D eigenvalue weighted by molar-refractivity contribution is -0.525. The van der Waals surface area contributed by atoms with Crippen LogP contribution in [0.5, 0.6) is 0 Å². The molecule has 1 amide bonds. The number of amides is 1.